The average Bonchev–Trinajstić information content (AvgIpc) is 2.40. The van der Waals surface area contributed by atoms with E-state index in [4.69, 9.17) is 5.73 Å². The summed E-state index contributed by atoms with van der Waals surface area (Å²) in [5.74, 6) is 0.725. The van der Waals surface area contributed by atoms with E-state index in [-0.39, 0.29) is 0 Å². The average molecular weight is 240 g/mol. The van der Waals surface area contributed by atoms with Gasteiger partial charge >= 0.3 is 0 Å². The van der Waals surface area contributed by atoms with Crippen LogP contribution in [0.15, 0.2) is 18.2 Å². The molecular formula is C16H20N2. The molecule has 18 heavy (non-hydrogen) atoms. The molecule has 1 aliphatic carbocycles. The van der Waals surface area contributed by atoms with Crippen molar-refractivity contribution < 1.29 is 0 Å². The zero-order valence-corrected chi connectivity index (χ0v) is 11.0. The van der Waals surface area contributed by atoms with Crippen LogP contribution in [0.3, 0.4) is 0 Å². The van der Waals surface area contributed by atoms with Crippen molar-refractivity contribution in [2.45, 2.75) is 45.4 Å². The zero-order chi connectivity index (χ0) is 12.5. The third kappa shape index (κ3) is 1.86. The minimum Gasteiger partial charge on any atom is -0.383 e. The largest absolute Gasteiger partial charge is 0.383 e. The van der Waals surface area contributed by atoms with E-state index >= 15 is 0 Å². The van der Waals surface area contributed by atoms with Crippen LogP contribution >= 0.6 is 0 Å². The molecule has 0 atom stereocenters. The Morgan fingerprint density at radius 2 is 2.06 bits per heavy atom. The quantitative estimate of drug-likeness (QED) is 0.870. The molecule has 2 N–H and O–H groups in total. The van der Waals surface area contributed by atoms with E-state index in [1.807, 2.05) is 0 Å². The lowest BCUT2D eigenvalue weighted by atomic mass is 9.89. The first-order chi connectivity index (χ1) is 8.79. The van der Waals surface area contributed by atoms with E-state index in [0.717, 1.165) is 30.6 Å². The second kappa shape index (κ2) is 4.60. The highest BCUT2D eigenvalue weighted by atomic mass is 14.8. The molecule has 0 amide bonds. The Morgan fingerprint density at radius 1 is 1.22 bits per heavy atom. The number of nitrogens with zero attached hydrogens (tertiary/aromatic N) is 1. The molecule has 0 saturated heterocycles. The Labute approximate surface area is 108 Å². The summed E-state index contributed by atoms with van der Waals surface area (Å²) < 4.78 is 0. The van der Waals surface area contributed by atoms with Gasteiger partial charge in [0.25, 0.3) is 0 Å². The van der Waals surface area contributed by atoms with Crippen LogP contribution in [0.1, 0.15) is 42.9 Å². The lowest BCUT2D eigenvalue weighted by molar-refractivity contribution is 0.689. The van der Waals surface area contributed by atoms with Gasteiger partial charge in [-0.3, -0.25) is 0 Å². The van der Waals surface area contributed by atoms with Crippen molar-refractivity contribution in [2.75, 3.05) is 5.73 Å². The SMILES string of the molecule is CCCc1cc2ccc3c(c2nc1N)CCCC3. The predicted octanol–water partition coefficient (Wildman–Crippen LogP) is 3.65. The second-order valence-corrected chi connectivity index (χ2v) is 5.26. The van der Waals surface area contributed by atoms with E-state index in [1.165, 1.54) is 41.3 Å². The molecule has 2 nitrogen and oxygen atoms in total. The van der Waals surface area contributed by atoms with E-state index in [9.17, 15) is 0 Å². The van der Waals surface area contributed by atoms with Crippen molar-refractivity contribution in [3.8, 4) is 0 Å². The van der Waals surface area contributed by atoms with E-state index in [2.05, 4.69) is 30.1 Å². The summed E-state index contributed by atoms with van der Waals surface area (Å²) in [6.07, 6.45) is 7.08. The van der Waals surface area contributed by atoms with Gasteiger partial charge in [0.1, 0.15) is 5.82 Å². The highest BCUT2D eigenvalue weighted by Gasteiger charge is 2.14. The number of aromatic nitrogens is 1. The summed E-state index contributed by atoms with van der Waals surface area (Å²) >= 11 is 0. The number of nitrogen functional groups attached to an aromatic ring is 1. The van der Waals surface area contributed by atoms with Crippen LogP contribution in [-0.4, -0.2) is 4.98 Å². The van der Waals surface area contributed by atoms with Gasteiger partial charge in [0.2, 0.25) is 0 Å². The van der Waals surface area contributed by atoms with Crippen molar-refractivity contribution in [3.05, 3.63) is 34.9 Å². The third-order valence-corrected chi connectivity index (χ3v) is 3.94. The standard InChI is InChI=1S/C16H20N2/c1-2-5-13-10-12-9-8-11-6-3-4-7-14(11)15(12)18-16(13)17/h8-10H,2-7H2,1H3,(H2,17,18). The van der Waals surface area contributed by atoms with Crippen molar-refractivity contribution in [1.82, 2.24) is 4.98 Å². The molecule has 1 aromatic heterocycles. The van der Waals surface area contributed by atoms with E-state index in [1.54, 1.807) is 0 Å². The topological polar surface area (TPSA) is 38.9 Å². The van der Waals surface area contributed by atoms with Crippen LogP contribution in [0.2, 0.25) is 0 Å². The molecule has 1 aromatic carbocycles. The molecule has 2 heteroatoms. The lowest BCUT2D eigenvalue weighted by Crippen LogP contribution is -2.06. The minimum atomic E-state index is 0.725. The van der Waals surface area contributed by atoms with Crippen LogP contribution in [0.25, 0.3) is 10.9 Å². The molecule has 0 fully saturated rings. The first-order valence-electron chi connectivity index (χ1n) is 6.99. The van der Waals surface area contributed by atoms with Crippen LogP contribution < -0.4 is 5.73 Å². The number of benzene rings is 1. The molecule has 94 valence electrons. The Balaban J connectivity index is 2.20. The Kier molecular flexibility index (Phi) is 2.94. The maximum absolute atomic E-state index is 6.09. The van der Waals surface area contributed by atoms with Crippen LogP contribution in [0, 0.1) is 0 Å². The molecule has 0 unspecified atom stereocenters. The Morgan fingerprint density at radius 3 is 2.89 bits per heavy atom. The number of aryl methyl sites for hydroxylation is 3. The van der Waals surface area contributed by atoms with Crippen molar-refractivity contribution in [2.24, 2.45) is 0 Å². The summed E-state index contributed by atoms with van der Waals surface area (Å²) in [5.41, 5.74) is 11.3. The van der Waals surface area contributed by atoms with Crippen LogP contribution in [0.4, 0.5) is 5.82 Å². The van der Waals surface area contributed by atoms with Crippen molar-refractivity contribution >= 4 is 16.7 Å². The first-order valence-corrected chi connectivity index (χ1v) is 6.99. The van der Waals surface area contributed by atoms with Gasteiger partial charge in [-0.2, -0.15) is 0 Å². The van der Waals surface area contributed by atoms with Gasteiger partial charge in [0.05, 0.1) is 5.52 Å². The summed E-state index contributed by atoms with van der Waals surface area (Å²) in [5, 5.41) is 1.26. The monoisotopic (exact) mass is 240 g/mol. The highest BCUT2D eigenvalue weighted by Crippen LogP contribution is 2.29. The number of pyridine rings is 1. The molecular weight excluding hydrogens is 220 g/mol. The number of nitrogens with two attached hydrogens (primary N) is 1. The molecule has 0 spiro atoms. The van der Waals surface area contributed by atoms with Gasteiger partial charge in [-0.25, -0.2) is 4.98 Å². The van der Waals surface area contributed by atoms with Crippen molar-refractivity contribution in [1.29, 1.82) is 0 Å². The summed E-state index contributed by atoms with van der Waals surface area (Å²) in [6.45, 7) is 2.18. The summed E-state index contributed by atoms with van der Waals surface area (Å²) in [6, 6.07) is 6.73. The third-order valence-electron chi connectivity index (χ3n) is 3.94. The fraction of sp³-hybridized carbons (Fsp3) is 0.438. The predicted molar refractivity (Wildman–Crippen MR) is 76.8 cm³/mol. The van der Waals surface area contributed by atoms with Gasteiger partial charge in [-0.15, -0.1) is 0 Å². The zero-order valence-electron chi connectivity index (χ0n) is 11.0. The molecule has 3 rings (SSSR count). The van der Waals surface area contributed by atoms with E-state index in [0.29, 0.717) is 0 Å². The molecule has 0 bridgehead atoms. The number of hydrogen-bond donors (Lipinski definition) is 1. The van der Waals surface area contributed by atoms with Crippen LogP contribution in [-0.2, 0) is 19.3 Å². The summed E-state index contributed by atoms with van der Waals surface area (Å²) in [7, 11) is 0. The van der Waals surface area contributed by atoms with Gasteiger partial charge in [0, 0.05) is 5.39 Å². The highest BCUT2D eigenvalue weighted by molar-refractivity contribution is 5.85. The van der Waals surface area contributed by atoms with Crippen LogP contribution in [0.5, 0.6) is 0 Å². The smallest absolute Gasteiger partial charge is 0.127 e. The van der Waals surface area contributed by atoms with Gasteiger partial charge in [0.15, 0.2) is 0 Å². The van der Waals surface area contributed by atoms with Gasteiger partial charge in [-0.05, 0) is 54.9 Å². The molecule has 2 aromatic rings. The Hall–Kier alpha value is -1.57. The lowest BCUT2D eigenvalue weighted by Gasteiger charge is -2.18. The number of fused-ring (bicyclic) bond motifs is 3. The molecule has 0 radical (unpaired) electrons. The first kappa shape index (κ1) is 11.5. The van der Waals surface area contributed by atoms with Gasteiger partial charge < -0.3 is 5.73 Å². The molecule has 1 aliphatic rings. The Bertz CT molecular complexity index is 587. The fourth-order valence-electron chi connectivity index (χ4n) is 3.00. The molecule has 0 saturated carbocycles. The number of anilines is 1. The number of hydrogen-bond acceptors (Lipinski definition) is 2. The van der Waals surface area contributed by atoms with E-state index < -0.39 is 0 Å². The number of rotatable bonds is 2. The fourth-order valence-corrected chi connectivity index (χ4v) is 3.00. The second-order valence-electron chi connectivity index (χ2n) is 5.26. The molecule has 0 aliphatic heterocycles. The normalized spacial score (nSPS) is 14.7. The van der Waals surface area contributed by atoms with Gasteiger partial charge in [-0.1, -0.05) is 25.5 Å². The summed E-state index contributed by atoms with van der Waals surface area (Å²) in [4.78, 5) is 4.69. The van der Waals surface area contributed by atoms with Crippen molar-refractivity contribution in [3.63, 3.8) is 0 Å². The maximum Gasteiger partial charge on any atom is 0.127 e. The maximum atomic E-state index is 6.09. The minimum absolute atomic E-state index is 0.725. The molecule has 1 heterocycles.